The summed E-state index contributed by atoms with van der Waals surface area (Å²) in [5.74, 6) is -3.57. The maximum atomic E-state index is 14.3. The van der Waals surface area contributed by atoms with Crippen LogP contribution in [-0.4, -0.2) is 36.9 Å². The topological polar surface area (TPSA) is 66.9 Å². The zero-order valence-corrected chi connectivity index (χ0v) is 16.8. The lowest BCUT2D eigenvalue weighted by atomic mass is 9.92. The summed E-state index contributed by atoms with van der Waals surface area (Å²) in [6.45, 7) is -1.02. The molecule has 1 atom stereocenters. The Morgan fingerprint density at radius 1 is 1.13 bits per heavy atom. The number of carbonyl (C=O) groups excluding carboxylic acids is 1. The first kappa shape index (κ1) is 22.8. The van der Waals surface area contributed by atoms with E-state index in [1.54, 1.807) is 19.1 Å². The van der Waals surface area contributed by atoms with E-state index < -0.39 is 42.0 Å². The van der Waals surface area contributed by atoms with Gasteiger partial charge in [0.1, 0.15) is 18.0 Å². The molecule has 3 rings (SSSR count). The van der Waals surface area contributed by atoms with Crippen molar-refractivity contribution in [3.63, 3.8) is 0 Å². The summed E-state index contributed by atoms with van der Waals surface area (Å²) < 4.78 is 72.8. The van der Waals surface area contributed by atoms with Gasteiger partial charge in [0.25, 0.3) is 0 Å². The van der Waals surface area contributed by atoms with Crippen molar-refractivity contribution in [2.45, 2.75) is 51.1 Å². The normalized spacial score (nSPS) is 18.9. The van der Waals surface area contributed by atoms with E-state index >= 15 is 0 Å². The number of alkyl halides is 2. The molecular weight excluding hydrogens is 422 g/mol. The highest BCUT2D eigenvalue weighted by molar-refractivity contribution is 5.89. The predicted octanol–water partition coefficient (Wildman–Crippen LogP) is 4.83. The number of methoxy groups -OCH3 is 1. The number of carbonyl (C=O) groups is 1. The Kier molecular flexibility index (Phi) is 7.32. The zero-order valence-electron chi connectivity index (χ0n) is 16.8. The molecule has 31 heavy (non-hydrogen) atoms. The van der Waals surface area contributed by atoms with Crippen molar-refractivity contribution in [2.75, 3.05) is 7.11 Å². The van der Waals surface area contributed by atoms with Gasteiger partial charge in [-0.1, -0.05) is 6.92 Å². The first-order valence-electron chi connectivity index (χ1n) is 9.61. The van der Waals surface area contributed by atoms with Gasteiger partial charge in [0.15, 0.2) is 11.6 Å². The second kappa shape index (κ2) is 9.95. The molecule has 0 spiro atoms. The van der Waals surface area contributed by atoms with Crippen molar-refractivity contribution < 1.29 is 41.3 Å². The van der Waals surface area contributed by atoms with E-state index in [0.717, 1.165) is 19.2 Å². The van der Waals surface area contributed by atoms with Crippen LogP contribution in [0.3, 0.4) is 0 Å². The Morgan fingerprint density at radius 3 is 2.45 bits per heavy atom. The van der Waals surface area contributed by atoms with E-state index in [2.05, 4.69) is 14.5 Å². The third-order valence-corrected chi connectivity index (χ3v) is 4.83. The van der Waals surface area contributed by atoms with Crippen molar-refractivity contribution in [2.24, 2.45) is 0 Å². The van der Waals surface area contributed by atoms with E-state index in [-0.39, 0.29) is 11.9 Å². The third-order valence-electron chi connectivity index (χ3n) is 4.83. The van der Waals surface area contributed by atoms with E-state index in [0.29, 0.717) is 30.7 Å². The lowest BCUT2D eigenvalue weighted by molar-refractivity contribution is -0.196. The number of rotatable bonds is 9. The Hall–Kier alpha value is -2.88. The summed E-state index contributed by atoms with van der Waals surface area (Å²) in [6, 6.07) is 5.49. The summed E-state index contributed by atoms with van der Waals surface area (Å²) in [4.78, 5) is 15.7. The van der Waals surface area contributed by atoms with Crippen LogP contribution in [0.5, 0.6) is 11.5 Å². The molecule has 1 aliphatic carbocycles. The molecule has 0 radical (unpaired) electrons. The fraction of sp³-hybridized carbons (Fsp3) is 0.429. The van der Waals surface area contributed by atoms with Crippen LogP contribution < -0.4 is 9.47 Å². The van der Waals surface area contributed by atoms with Crippen LogP contribution in [0, 0.1) is 11.6 Å². The van der Waals surface area contributed by atoms with Crippen LogP contribution in [0.1, 0.15) is 48.3 Å². The number of ether oxygens (including phenoxy) is 4. The molecule has 168 valence electrons. The predicted molar refractivity (Wildman–Crippen MR) is 100 cm³/mol. The first-order chi connectivity index (χ1) is 14.8. The highest BCUT2D eigenvalue weighted by Crippen LogP contribution is 2.31. The van der Waals surface area contributed by atoms with Gasteiger partial charge in [-0.15, -0.1) is 0 Å². The Labute approximate surface area is 176 Å². The smallest absolute Gasteiger partial charge is 0.345 e. The number of hydrogen-bond donors (Lipinski definition) is 0. The van der Waals surface area contributed by atoms with Crippen molar-refractivity contribution in [3.8, 4) is 11.5 Å². The molecule has 0 amide bonds. The van der Waals surface area contributed by atoms with Crippen LogP contribution in [0.2, 0.25) is 0 Å². The average molecular weight is 443 g/mol. The largest absolute Gasteiger partial charge is 0.489 e. The van der Waals surface area contributed by atoms with Crippen molar-refractivity contribution in [1.82, 2.24) is 4.98 Å². The Bertz CT molecular complexity index is 903. The highest BCUT2D eigenvalue weighted by Gasteiger charge is 2.33. The number of esters is 1. The molecule has 1 fully saturated rings. The first-order valence-corrected chi connectivity index (χ1v) is 9.61. The molecule has 1 saturated carbocycles. The van der Waals surface area contributed by atoms with Gasteiger partial charge in [-0.3, -0.25) is 4.98 Å². The summed E-state index contributed by atoms with van der Waals surface area (Å²) in [6.07, 6.45) is 1.14. The van der Waals surface area contributed by atoms with Crippen LogP contribution in [-0.2, 0) is 9.47 Å². The van der Waals surface area contributed by atoms with Gasteiger partial charge >= 0.3 is 12.6 Å². The molecule has 0 saturated heterocycles. The summed E-state index contributed by atoms with van der Waals surface area (Å²) in [5.41, 5.74) is -0.0727. The number of halogens is 4. The molecule has 1 heterocycles. The van der Waals surface area contributed by atoms with E-state index in [4.69, 9.17) is 9.47 Å². The number of hydrogen-bond acceptors (Lipinski definition) is 6. The fourth-order valence-electron chi connectivity index (χ4n) is 3.11. The number of benzene rings is 1. The molecule has 1 aliphatic rings. The van der Waals surface area contributed by atoms with Crippen LogP contribution in [0.15, 0.2) is 30.5 Å². The molecule has 1 aromatic carbocycles. The minimum absolute atomic E-state index is 0.236. The number of aromatic nitrogens is 1. The average Bonchev–Trinajstić information content (AvgIpc) is 2.73. The molecule has 0 unspecified atom stereocenters. The minimum Gasteiger partial charge on any atom is -0.489 e. The van der Waals surface area contributed by atoms with E-state index in [1.165, 1.54) is 6.20 Å². The Morgan fingerprint density at radius 2 is 1.87 bits per heavy atom. The summed E-state index contributed by atoms with van der Waals surface area (Å²) >= 11 is 0. The summed E-state index contributed by atoms with van der Waals surface area (Å²) in [7, 11) is 1.07. The van der Waals surface area contributed by atoms with Gasteiger partial charge in [0.2, 0.25) is 5.82 Å². The molecule has 1 aromatic heterocycles. The summed E-state index contributed by atoms with van der Waals surface area (Å²) in [5, 5.41) is 0. The van der Waals surface area contributed by atoms with Gasteiger partial charge in [0, 0.05) is 12.8 Å². The van der Waals surface area contributed by atoms with Gasteiger partial charge in [-0.05, 0) is 30.7 Å². The number of pyridine rings is 1. The lowest BCUT2D eigenvalue weighted by Gasteiger charge is -2.34. The van der Waals surface area contributed by atoms with Gasteiger partial charge in [-0.25, -0.2) is 9.18 Å². The minimum atomic E-state index is -2.80. The molecule has 6 nitrogen and oxygen atoms in total. The fourth-order valence-corrected chi connectivity index (χ4v) is 3.11. The molecule has 10 heteroatoms. The molecule has 0 bridgehead atoms. The maximum Gasteiger partial charge on any atom is 0.345 e. The number of nitrogens with zero attached hydrogens (tertiary/aromatic N) is 1. The molecule has 2 aromatic rings. The van der Waals surface area contributed by atoms with Crippen LogP contribution >= 0.6 is 0 Å². The highest BCUT2D eigenvalue weighted by atomic mass is 19.3. The Balaban J connectivity index is 1.63. The maximum absolute atomic E-state index is 14.3. The van der Waals surface area contributed by atoms with E-state index in [1.807, 2.05) is 0 Å². The van der Waals surface area contributed by atoms with Gasteiger partial charge < -0.3 is 18.9 Å². The zero-order chi connectivity index (χ0) is 22.5. The van der Waals surface area contributed by atoms with Gasteiger partial charge in [-0.2, -0.15) is 13.2 Å². The van der Waals surface area contributed by atoms with Crippen LogP contribution in [0.25, 0.3) is 0 Å². The third kappa shape index (κ3) is 5.43. The van der Waals surface area contributed by atoms with Crippen molar-refractivity contribution >= 4 is 5.97 Å². The second-order valence-electron chi connectivity index (χ2n) is 6.89. The van der Waals surface area contributed by atoms with Gasteiger partial charge in [0.05, 0.1) is 30.7 Å². The molecule has 0 aliphatic heterocycles. The standard InChI is InChI=1S/C21H21F4NO5/c1-3-16(31-17-7-5-14(20(27)28-2)18(22)19(17)23)15-6-4-11(10-26-15)29-12-8-13(9-12)30-21(24)25/h4-7,10,12-13,16,21H,3,8-9H2,1-2H3/t12?,13?,16-/m1/s1. The monoisotopic (exact) mass is 443 g/mol. The van der Waals surface area contributed by atoms with Crippen molar-refractivity contribution in [3.05, 3.63) is 53.4 Å². The van der Waals surface area contributed by atoms with Crippen molar-refractivity contribution in [1.29, 1.82) is 0 Å². The lowest BCUT2D eigenvalue weighted by Crippen LogP contribution is -2.40. The quantitative estimate of drug-likeness (QED) is 0.409. The van der Waals surface area contributed by atoms with E-state index in [9.17, 15) is 22.4 Å². The molecular formula is C21H21F4NO5. The van der Waals surface area contributed by atoms with Crippen LogP contribution in [0.4, 0.5) is 17.6 Å². The molecule has 0 N–H and O–H groups in total. The SMILES string of the molecule is CC[C@@H](Oc1ccc(C(=O)OC)c(F)c1F)c1ccc(OC2CC(OC(F)F)C2)cn1. The second-order valence-corrected chi connectivity index (χ2v) is 6.89.